The van der Waals surface area contributed by atoms with Gasteiger partial charge in [0.15, 0.2) is 0 Å². The molecule has 4 nitrogen and oxygen atoms in total. The number of benzene rings is 1. The number of halogens is 1. The molecule has 3 N–H and O–H groups in total. The second kappa shape index (κ2) is 7.24. The number of nitrogens with two attached hydrogens (primary N) is 1. The van der Waals surface area contributed by atoms with Crippen LogP contribution in [-0.2, 0) is 10.0 Å². The van der Waals surface area contributed by atoms with Crippen LogP contribution in [-0.4, -0.2) is 21.5 Å². The van der Waals surface area contributed by atoms with Gasteiger partial charge >= 0.3 is 0 Å². The SMILES string of the molecule is CCCCNS(=O)(=O)c1ccc(F)cc1C#CCN. The lowest BCUT2D eigenvalue weighted by Gasteiger charge is -2.08. The third kappa shape index (κ3) is 4.63. The van der Waals surface area contributed by atoms with Crippen molar-refractivity contribution in [3.8, 4) is 11.8 Å². The van der Waals surface area contributed by atoms with Gasteiger partial charge < -0.3 is 5.73 Å². The fraction of sp³-hybridized carbons (Fsp3) is 0.385. The Labute approximate surface area is 113 Å². The molecule has 1 aromatic rings. The Morgan fingerprint density at radius 1 is 1.42 bits per heavy atom. The summed E-state index contributed by atoms with van der Waals surface area (Å²) in [7, 11) is -3.67. The molecule has 6 heteroatoms. The van der Waals surface area contributed by atoms with E-state index in [-0.39, 0.29) is 17.0 Å². The molecule has 1 aromatic carbocycles. The Morgan fingerprint density at radius 3 is 2.79 bits per heavy atom. The summed E-state index contributed by atoms with van der Waals surface area (Å²) in [6.07, 6.45) is 1.62. The predicted octanol–water partition coefficient (Wildman–Crippen LogP) is 1.21. The molecule has 0 aliphatic carbocycles. The average molecular weight is 284 g/mol. The molecule has 0 unspecified atom stereocenters. The monoisotopic (exact) mass is 284 g/mol. The minimum Gasteiger partial charge on any atom is -0.320 e. The van der Waals surface area contributed by atoms with E-state index in [0.717, 1.165) is 25.0 Å². The zero-order chi connectivity index (χ0) is 14.3. The van der Waals surface area contributed by atoms with E-state index in [9.17, 15) is 12.8 Å². The van der Waals surface area contributed by atoms with Crippen molar-refractivity contribution >= 4 is 10.0 Å². The second-order valence-electron chi connectivity index (χ2n) is 3.90. The molecule has 0 saturated heterocycles. The highest BCUT2D eigenvalue weighted by atomic mass is 32.2. The molecule has 0 bridgehead atoms. The smallest absolute Gasteiger partial charge is 0.241 e. The predicted molar refractivity (Wildman–Crippen MR) is 72.4 cm³/mol. The summed E-state index contributed by atoms with van der Waals surface area (Å²) >= 11 is 0. The van der Waals surface area contributed by atoms with Crippen molar-refractivity contribution in [3.63, 3.8) is 0 Å². The summed E-state index contributed by atoms with van der Waals surface area (Å²) in [5.41, 5.74) is 5.36. The highest BCUT2D eigenvalue weighted by Gasteiger charge is 2.17. The van der Waals surface area contributed by atoms with E-state index in [1.165, 1.54) is 6.07 Å². The molecule has 104 valence electrons. The number of unbranched alkanes of at least 4 members (excludes halogenated alkanes) is 1. The van der Waals surface area contributed by atoms with Gasteiger partial charge in [0.05, 0.1) is 11.4 Å². The topological polar surface area (TPSA) is 72.2 Å². The minimum atomic E-state index is -3.67. The zero-order valence-electron chi connectivity index (χ0n) is 10.7. The Bertz CT molecular complexity index is 588. The van der Waals surface area contributed by atoms with E-state index in [4.69, 9.17) is 5.73 Å². The lowest BCUT2D eigenvalue weighted by molar-refractivity contribution is 0.577. The van der Waals surface area contributed by atoms with Crippen molar-refractivity contribution in [2.24, 2.45) is 5.73 Å². The first-order valence-electron chi connectivity index (χ1n) is 5.99. The average Bonchev–Trinajstić information content (AvgIpc) is 2.36. The molecule has 19 heavy (non-hydrogen) atoms. The van der Waals surface area contributed by atoms with Gasteiger partial charge in [0.25, 0.3) is 0 Å². The van der Waals surface area contributed by atoms with Crippen LogP contribution in [0.2, 0.25) is 0 Å². The quantitative estimate of drug-likeness (QED) is 0.630. The van der Waals surface area contributed by atoms with Crippen molar-refractivity contribution in [3.05, 3.63) is 29.6 Å². The summed E-state index contributed by atoms with van der Waals surface area (Å²) in [4.78, 5) is -0.0223. The van der Waals surface area contributed by atoms with Crippen molar-refractivity contribution < 1.29 is 12.8 Å². The van der Waals surface area contributed by atoms with Gasteiger partial charge in [0.1, 0.15) is 5.82 Å². The van der Waals surface area contributed by atoms with Gasteiger partial charge in [-0.05, 0) is 24.6 Å². The van der Waals surface area contributed by atoms with Crippen LogP contribution in [0.25, 0.3) is 0 Å². The standard InChI is InChI=1S/C13H17FN2O2S/c1-2-3-9-16-19(17,18)13-7-6-12(14)10-11(13)5-4-8-15/h6-7,10,16H,2-3,8-9,15H2,1H3. The molecule has 1 rings (SSSR count). The van der Waals surface area contributed by atoms with Gasteiger partial charge in [-0.3, -0.25) is 0 Å². The van der Waals surface area contributed by atoms with Gasteiger partial charge in [0.2, 0.25) is 10.0 Å². The third-order valence-electron chi connectivity index (χ3n) is 2.38. The molecule has 0 aliphatic rings. The number of hydrogen-bond acceptors (Lipinski definition) is 3. The first kappa shape index (κ1) is 15.6. The van der Waals surface area contributed by atoms with Crippen LogP contribution in [0.15, 0.2) is 23.1 Å². The molecule has 0 fully saturated rings. The fourth-order valence-electron chi connectivity index (χ4n) is 1.44. The number of sulfonamides is 1. The van der Waals surface area contributed by atoms with Crippen LogP contribution >= 0.6 is 0 Å². The van der Waals surface area contributed by atoms with Crippen LogP contribution in [0.3, 0.4) is 0 Å². The molecular formula is C13H17FN2O2S. The van der Waals surface area contributed by atoms with Crippen molar-refractivity contribution in [1.82, 2.24) is 4.72 Å². The van der Waals surface area contributed by atoms with E-state index in [1.54, 1.807) is 0 Å². The van der Waals surface area contributed by atoms with E-state index in [1.807, 2.05) is 6.92 Å². The normalized spacial score (nSPS) is 10.9. The van der Waals surface area contributed by atoms with Crippen molar-refractivity contribution in [2.45, 2.75) is 24.7 Å². The molecule has 0 heterocycles. The lowest BCUT2D eigenvalue weighted by atomic mass is 10.2. The van der Waals surface area contributed by atoms with E-state index in [2.05, 4.69) is 16.6 Å². The second-order valence-corrected chi connectivity index (χ2v) is 5.63. The van der Waals surface area contributed by atoms with Gasteiger partial charge in [-0.2, -0.15) is 0 Å². The summed E-state index contributed by atoms with van der Waals surface area (Å²) in [6.45, 7) is 2.39. The summed E-state index contributed by atoms with van der Waals surface area (Å²) in [5.74, 6) is 4.57. The first-order chi connectivity index (χ1) is 9.01. The Kier molecular flexibility index (Phi) is 5.96. The van der Waals surface area contributed by atoms with Crippen LogP contribution in [0.5, 0.6) is 0 Å². The van der Waals surface area contributed by atoms with E-state index >= 15 is 0 Å². The highest BCUT2D eigenvalue weighted by molar-refractivity contribution is 7.89. The maximum absolute atomic E-state index is 13.2. The van der Waals surface area contributed by atoms with Crippen LogP contribution in [0.1, 0.15) is 25.3 Å². The lowest BCUT2D eigenvalue weighted by Crippen LogP contribution is -2.25. The number of nitrogens with one attached hydrogen (secondary N) is 1. The molecule has 0 radical (unpaired) electrons. The maximum atomic E-state index is 13.2. The van der Waals surface area contributed by atoms with Crippen LogP contribution < -0.4 is 10.5 Å². The number of rotatable bonds is 5. The van der Waals surface area contributed by atoms with Gasteiger partial charge in [-0.1, -0.05) is 25.2 Å². The van der Waals surface area contributed by atoms with Gasteiger partial charge in [-0.25, -0.2) is 17.5 Å². The Morgan fingerprint density at radius 2 is 2.16 bits per heavy atom. The van der Waals surface area contributed by atoms with E-state index in [0.29, 0.717) is 6.54 Å². The third-order valence-corrected chi connectivity index (χ3v) is 3.90. The highest BCUT2D eigenvalue weighted by Crippen LogP contribution is 2.16. The molecular weight excluding hydrogens is 267 g/mol. The molecule has 0 atom stereocenters. The molecule has 0 aromatic heterocycles. The molecule has 0 spiro atoms. The van der Waals surface area contributed by atoms with Crippen LogP contribution in [0.4, 0.5) is 4.39 Å². The fourth-order valence-corrected chi connectivity index (χ4v) is 2.66. The Balaban J connectivity index is 3.11. The molecule has 0 amide bonds. The zero-order valence-corrected chi connectivity index (χ0v) is 11.6. The molecule has 0 saturated carbocycles. The maximum Gasteiger partial charge on any atom is 0.241 e. The Hall–Kier alpha value is -1.42. The van der Waals surface area contributed by atoms with Crippen LogP contribution in [0, 0.1) is 17.7 Å². The molecule has 0 aliphatic heterocycles. The summed E-state index contributed by atoms with van der Waals surface area (Å²) in [5, 5.41) is 0. The first-order valence-corrected chi connectivity index (χ1v) is 7.47. The largest absolute Gasteiger partial charge is 0.320 e. The van der Waals surface area contributed by atoms with Gasteiger partial charge in [-0.15, -0.1) is 0 Å². The number of hydrogen-bond donors (Lipinski definition) is 2. The van der Waals surface area contributed by atoms with Crippen molar-refractivity contribution in [1.29, 1.82) is 0 Å². The minimum absolute atomic E-state index is 0.0223. The van der Waals surface area contributed by atoms with E-state index < -0.39 is 15.8 Å². The summed E-state index contributed by atoms with van der Waals surface area (Å²) < 4.78 is 39.8. The van der Waals surface area contributed by atoms with Crippen molar-refractivity contribution in [2.75, 3.05) is 13.1 Å². The summed E-state index contributed by atoms with van der Waals surface area (Å²) in [6, 6.07) is 3.41. The van der Waals surface area contributed by atoms with Gasteiger partial charge in [0, 0.05) is 12.1 Å².